The summed E-state index contributed by atoms with van der Waals surface area (Å²) < 4.78 is 1.73. The minimum absolute atomic E-state index is 0.357. The van der Waals surface area contributed by atoms with Gasteiger partial charge in [0.15, 0.2) is 0 Å². The third-order valence-corrected chi connectivity index (χ3v) is 1.89. The van der Waals surface area contributed by atoms with Crippen LogP contribution in [0.1, 0.15) is 6.92 Å². The summed E-state index contributed by atoms with van der Waals surface area (Å²) in [5, 5.41) is 7.67. The van der Waals surface area contributed by atoms with Crippen molar-refractivity contribution in [3.05, 3.63) is 29.1 Å². The van der Waals surface area contributed by atoms with Crippen LogP contribution >= 0.6 is 0 Å². The molecule has 2 rings (SSSR count). The molecule has 0 atom stereocenters. The van der Waals surface area contributed by atoms with E-state index in [1.54, 1.807) is 17.1 Å². The predicted octanol–water partition coefficient (Wildman–Crippen LogP) is 0.0483. The van der Waals surface area contributed by atoms with Crippen molar-refractivity contribution in [1.82, 2.24) is 25.0 Å². The van der Waals surface area contributed by atoms with E-state index in [1.807, 2.05) is 6.92 Å². The van der Waals surface area contributed by atoms with Crippen LogP contribution in [0.3, 0.4) is 0 Å². The molecule has 6 nitrogen and oxygen atoms in total. The molecule has 0 aliphatic rings. The fourth-order valence-electron chi connectivity index (χ4n) is 1.20. The average molecular weight is 191 g/mol. The standard InChI is InChI=1S/C8H9N5O/c1-2-13-7(5-11-12-13)6-3-9-8(14)10-4-6/h3-5H,2H2,1H3,(H,9,10,14). The van der Waals surface area contributed by atoms with Gasteiger partial charge in [0.25, 0.3) is 0 Å². The lowest BCUT2D eigenvalue weighted by Gasteiger charge is -2.00. The van der Waals surface area contributed by atoms with Crippen molar-refractivity contribution in [2.75, 3.05) is 0 Å². The van der Waals surface area contributed by atoms with Crippen molar-refractivity contribution < 1.29 is 0 Å². The van der Waals surface area contributed by atoms with Crippen LogP contribution in [0.15, 0.2) is 23.4 Å². The Labute approximate surface area is 79.6 Å². The molecular weight excluding hydrogens is 182 g/mol. The minimum atomic E-state index is -0.357. The van der Waals surface area contributed by atoms with Gasteiger partial charge >= 0.3 is 5.69 Å². The molecule has 0 radical (unpaired) electrons. The zero-order valence-electron chi connectivity index (χ0n) is 7.64. The summed E-state index contributed by atoms with van der Waals surface area (Å²) in [5.41, 5.74) is 1.29. The molecule has 0 spiro atoms. The molecule has 72 valence electrons. The molecule has 1 N–H and O–H groups in total. The highest BCUT2D eigenvalue weighted by atomic mass is 16.1. The Morgan fingerprint density at radius 1 is 1.50 bits per heavy atom. The first-order valence-electron chi connectivity index (χ1n) is 4.25. The van der Waals surface area contributed by atoms with Gasteiger partial charge in [0.1, 0.15) is 0 Å². The van der Waals surface area contributed by atoms with Gasteiger partial charge in [0.2, 0.25) is 0 Å². The van der Waals surface area contributed by atoms with E-state index in [-0.39, 0.29) is 5.69 Å². The van der Waals surface area contributed by atoms with Gasteiger partial charge in [-0.05, 0) is 6.92 Å². The molecule has 2 heterocycles. The van der Waals surface area contributed by atoms with E-state index in [0.717, 1.165) is 17.8 Å². The second kappa shape index (κ2) is 3.41. The number of hydrogen-bond acceptors (Lipinski definition) is 4. The Balaban J connectivity index is 2.49. The van der Waals surface area contributed by atoms with Gasteiger partial charge in [0, 0.05) is 24.5 Å². The molecule has 2 aromatic rings. The third-order valence-electron chi connectivity index (χ3n) is 1.89. The van der Waals surface area contributed by atoms with Crippen LogP contribution in [0.4, 0.5) is 0 Å². The maximum absolute atomic E-state index is 10.7. The number of rotatable bonds is 2. The maximum atomic E-state index is 10.7. The fourth-order valence-corrected chi connectivity index (χ4v) is 1.20. The molecule has 6 heteroatoms. The number of nitrogens with one attached hydrogen (secondary N) is 1. The summed E-state index contributed by atoms with van der Waals surface area (Å²) in [5.74, 6) is 0. The van der Waals surface area contributed by atoms with E-state index in [1.165, 1.54) is 6.20 Å². The van der Waals surface area contributed by atoms with E-state index in [4.69, 9.17) is 0 Å². The zero-order valence-corrected chi connectivity index (χ0v) is 7.64. The van der Waals surface area contributed by atoms with Crippen LogP contribution in [0.25, 0.3) is 11.3 Å². The number of aromatic amines is 1. The van der Waals surface area contributed by atoms with E-state index < -0.39 is 0 Å². The van der Waals surface area contributed by atoms with E-state index in [9.17, 15) is 4.79 Å². The molecule has 0 aromatic carbocycles. The van der Waals surface area contributed by atoms with Gasteiger partial charge in [-0.15, -0.1) is 5.10 Å². The normalized spacial score (nSPS) is 10.4. The Morgan fingerprint density at radius 2 is 2.36 bits per heavy atom. The van der Waals surface area contributed by atoms with Crippen molar-refractivity contribution in [2.24, 2.45) is 0 Å². The fraction of sp³-hybridized carbons (Fsp3) is 0.250. The molecule has 0 unspecified atom stereocenters. The van der Waals surface area contributed by atoms with Crippen LogP contribution < -0.4 is 5.69 Å². The number of hydrogen-bond donors (Lipinski definition) is 1. The van der Waals surface area contributed by atoms with Crippen LogP contribution in [-0.4, -0.2) is 25.0 Å². The summed E-state index contributed by atoms with van der Waals surface area (Å²) in [6, 6.07) is 0. The zero-order chi connectivity index (χ0) is 9.97. The molecule has 0 fully saturated rings. The van der Waals surface area contributed by atoms with Gasteiger partial charge in [-0.25, -0.2) is 14.5 Å². The molecular formula is C8H9N5O. The predicted molar refractivity (Wildman–Crippen MR) is 49.5 cm³/mol. The quantitative estimate of drug-likeness (QED) is 0.727. The average Bonchev–Trinajstić information content (AvgIpc) is 2.67. The Morgan fingerprint density at radius 3 is 3.00 bits per heavy atom. The number of nitrogens with zero attached hydrogens (tertiary/aromatic N) is 4. The maximum Gasteiger partial charge on any atom is 0.344 e. The number of aromatic nitrogens is 5. The van der Waals surface area contributed by atoms with Crippen molar-refractivity contribution >= 4 is 0 Å². The van der Waals surface area contributed by atoms with E-state index >= 15 is 0 Å². The monoisotopic (exact) mass is 191 g/mol. The summed E-state index contributed by atoms with van der Waals surface area (Å²) in [6.45, 7) is 2.70. The molecule has 0 saturated heterocycles. The summed E-state index contributed by atoms with van der Waals surface area (Å²) in [7, 11) is 0. The lowest BCUT2D eigenvalue weighted by Crippen LogP contribution is -2.09. The second-order valence-electron chi connectivity index (χ2n) is 2.74. The van der Waals surface area contributed by atoms with Gasteiger partial charge in [-0.2, -0.15) is 0 Å². The van der Waals surface area contributed by atoms with E-state index in [0.29, 0.717) is 0 Å². The lowest BCUT2D eigenvalue weighted by atomic mass is 10.2. The largest absolute Gasteiger partial charge is 0.344 e. The SMILES string of the molecule is CCn1nncc1-c1cnc(=O)[nH]c1. The molecule has 14 heavy (non-hydrogen) atoms. The summed E-state index contributed by atoms with van der Waals surface area (Å²) in [6.07, 6.45) is 4.74. The van der Waals surface area contributed by atoms with Crippen molar-refractivity contribution in [3.8, 4) is 11.3 Å². The molecule has 0 aliphatic heterocycles. The highest BCUT2D eigenvalue weighted by Crippen LogP contribution is 2.13. The molecule has 2 aromatic heterocycles. The van der Waals surface area contributed by atoms with Gasteiger partial charge in [0.05, 0.1) is 11.9 Å². The number of H-pyrrole nitrogens is 1. The van der Waals surface area contributed by atoms with Crippen LogP contribution in [0, 0.1) is 0 Å². The minimum Gasteiger partial charge on any atom is -0.312 e. The lowest BCUT2D eigenvalue weighted by molar-refractivity contribution is 0.632. The smallest absolute Gasteiger partial charge is 0.312 e. The first-order valence-corrected chi connectivity index (χ1v) is 4.25. The highest BCUT2D eigenvalue weighted by Gasteiger charge is 2.04. The summed E-state index contributed by atoms with van der Waals surface area (Å²) in [4.78, 5) is 16.9. The molecule has 0 amide bonds. The Bertz CT molecular complexity index is 466. The third kappa shape index (κ3) is 1.41. The van der Waals surface area contributed by atoms with Gasteiger partial charge in [-0.3, -0.25) is 0 Å². The molecule has 0 saturated carbocycles. The van der Waals surface area contributed by atoms with Crippen molar-refractivity contribution in [3.63, 3.8) is 0 Å². The van der Waals surface area contributed by atoms with Crippen molar-refractivity contribution in [1.29, 1.82) is 0 Å². The van der Waals surface area contributed by atoms with Crippen molar-refractivity contribution in [2.45, 2.75) is 13.5 Å². The van der Waals surface area contributed by atoms with Crippen LogP contribution in [0.2, 0.25) is 0 Å². The summed E-state index contributed by atoms with van der Waals surface area (Å²) >= 11 is 0. The first kappa shape index (κ1) is 8.61. The number of aryl methyl sites for hydroxylation is 1. The van der Waals surface area contributed by atoms with Gasteiger partial charge in [-0.1, -0.05) is 5.21 Å². The van der Waals surface area contributed by atoms with E-state index in [2.05, 4.69) is 20.3 Å². The highest BCUT2D eigenvalue weighted by molar-refractivity contribution is 5.55. The Hall–Kier alpha value is -1.98. The second-order valence-corrected chi connectivity index (χ2v) is 2.74. The van der Waals surface area contributed by atoms with Crippen LogP contribution in [-0.2, 0) is 6.54 Å². The molecule has 0 bridgehead atoms. The van der Waals surface area contributed by atoms with Crippen LogP contribution in [0.5, 0.6) is 0 Å². The Kier molecular flexibility index (Phi) is 2.10. The first-order chi connectivity index (χ1) is 6.81. The molecule has 0 aliphatic carbocycles. The van der Waals surface area contributed by atoms with Gasteiger partial charge < -0.3 is 4.98 Å². The topological polar surface area (TPSA) is 76.5 Å².